The van der Waals surface area contributed by atoms with Crippen LogP contribution in [0.15, 0.2) is 11.6 Å². The van der Waals surface area contributed by atoms with Crippen LogP contribution in [-0.4, -0.2) is 52.9 Å². The summed E-state index contributed by atoms with van der Waals surface area (Å²) in [7, 11) is 0. The van der Waals surface area contributed by atoms with Crippen molar-refractivity contribution in [1.82, 2.24) is 5.32 Å². The number of hydrogen-bond donors (Lipinski definition) is 4. The lowest BCUT2D eigenvalue weighted by atomic mass is 9.82. The largest absolute Gasteiger partial charge is 0.388 e. The van der Waals surface area contributed by atoms with Crippen LogP contribution in [0.5, 0.6) is 0 Å². The second kappa shape index (κ2) is 6.98. The second-order valence-electron chi connectivity index (χ2n) is 6.36. The van der Waals surface area contributed by atoms with Gasteiger partial charge < -0.3 is 20.6 Å². The average molecular weight is 287 g/mol. The summed E-state index contributed by atoms with van der Waals surface area (Å²) in [5.74, 6) is 1.37. The topological polar surface area (TPSA) is 72.7 Å². The molecule has 20 heavy (non-hydrogen) atoms. The molecule has 2 aliphatic rings. The third-order valence-corrected chi connectivity index (χ3v) is 4.75. The van der Waals surface area contributed by atoms with Gasteiger partial charge in [0.2, 0.25) is 0 Å². The second-order valence-corrected chi connectivity index (χ2v) is 6.36. The third kappa shape index (κ3) is 3.58. The van der Waals surface area contributed by atoms with E-state index >= 15 is 0 Å². The highest BCUT2D eigenvalue weighted by molar-refractivity contribution is 5.21. The molecule has 4 atom stereocenters. The van der Waals surface area contributed by atoms with Crippen molar-refractivity contribution in [1.29, 1.82) is 0 Å². The number of rotatable bonds is 4. The minimum absolute atomic E-state index is 0.151. The van der Waals surface area contributed by atoms with Crippen LogP contribution in [0.25, 0.3) is 0 Å². The van der Waals surface area contributed by atoms with Crippen molar-refractivity contribution >= 4 is 0 Å². The highest BCUT2D eigenvalue weighted by Crippen LogP contribution is 2.28. The maximum Gasteiger partial charge on any atom is 0.113 e. The van der Waals surface area contributed by atoms with Gasteiger partial charge in [0.1, 0.15) is 25.0 Å². The number of nitrogens with one attached hydrogen (secondary N) is 1. The van der Waals surface area contributed by atoms with Crippen molar-refractivity contribution in [2.45, 2.75) is 57.0 Å². The van der Waals surface area contributed by atoms with E-state index in [4.69, 9.17) is 0 Å². The lowest BCUT2D eigenvalue weighted by Crippen LogP contribution is -2.54. The summed E-state index contributed by atoms with van der Waals surface area (Å²) >= 11 is 0. The molecular formula is C15H26FNO3. The fraction of sp³-hybridized carbons (Fsp3) is 0.867. The Labute approximate surface area is 119 Å². The van der Waals surface area contributed by atoms with E-state index in [0.29, 0.717) is 5.92 Å². The van der Waals surface area contributed by atoms with Crippen LogP contribution in [0.1, 0.15) is 32.6 Å². The molecular weight excluding hydrogens is 261 g/mol. The third-order valence-electron chi connectivity index (χ3n) is 4.75. The molecule has 0 amide bonds. The first-order valence-corrected chi connectivity index (χ1v) is 7.57. The monoisotopic (exact) mass is 287 g/mol. The predicted octanol–water partition coefficient (Wildman–Crippen LogP) is 0.763. The maximum atomic E-state index is 12.8. The quantitative estimate of drug-likeness (QED) is 0.576. The summed E-state index contributed by atoms with van der Waals surface area (Å²) in [4.78, 5) is 0. The molecule has 2 aliphatic carbocycles. The number of halogens is 1. The van der Waals surface area contributed by atoms with Gasteiger partial charge in [-0.15, -0.1) is 0 Å². The van der Waals surface area contributed by atoms with Crippen molar-refractivity contribution in [3.05, 3.63) is 11.6 Å². The molecule has 1 fully saturated rings. The van der Waals surface area contributed by atoms with E-state index in [1.165, 1.54) is 31.8 Å². The van der Waals surface area contributed by atoms with E-state index in [0.717, 1.165) is 12.5 Å². The summed E-state index contributed by atoms with van der Waals surface area (Å²) in [5.41, 5.74) is 0.151. The van der Waals surface area contributed by atoms with Gasteiger partial charge in [-0.2, -0.15) is 0 Å². The van der Waals surface area contributed by atoms with Crippen LogP contribution >= 0.6 is 0 Å². The van der Waals surface area contributed by atoms with E-state index in [2.05, 4.69) is 12.2 Å². The van der Waals surface area contributed by atoms with Gasteiger partial charge in [0.25, 0.3) is 0 Å². The van der Waals surface area contributed by atoms with Gasteiger partial charge >= 0.3 is 0 Å². The Hall–Kier alpha value is -0.490. The summed E-state index contributed by atoms with van der Waals surface area (Å²) in [6, 6.07) is -0.488. The summed E-state index contributed by atoms with van der Waals surface area (Å²) in [5, 5.41) is 32.5. The minimum atomic E-state index is -1.32. The molecule has 0 saturated heterocycles. The van der Waals surface area contributed by atoms with Crippen LogP contribution < -0.4 is 5.32 Å². The van der Waals surface area contributed by atoms with Gasteiger partial charge in [0.05, 0.1) is 6.04 Å². The SMILES string of the molecule is CC1CCC(CN[C@@H]2C=C(CF)[C@H](O)[C@H](O)[C@H]2O)CC1. The molecule has 116 valence electrons. The first-order chi connectivity index (χ1) is 9.52. The smallest absolute Gasteiger partial charge is 0.113 e. The van der Waals surface area contributed by atoms with E-state index in [-0.39, 0.29) is 5.57 Å². The van der Waals surface area contributed by atoms with Gasteiger partial charge in [-0.1, -0.05) is 25.8 Å². The van der Waals surface area contributed by atoms with Crippen molar-refractivity contribution in [2.24, 2.45) is 11.8 Å². The zero-order chi connectivity index (χ0) is 14.7. The number of aliphatic hydroxyl groups is 3. The van der Waals surface area contributed by atoms with Gasteiger partial charge in [-0.05, 0) is 36.8 Å². The molecule has 0 aromatic carbocycles. The van der Waals surface area contributed by atoms with E-state index < -0.39 is 31.0 Å². The molecule has 0 bridgehead atoms. The molecule has 4 N–H and O–H groups in total. The molecule has 5 heteroatoms. The van der Waals surface area contributed by atoms with Gasteiger partial charge in [0, 0.05) is 0 Å². The van der Waals surface area contributed by atoms with Gasteiger partial charge in [0.15, 0.2) is 0 Å². The fourth-order valence-electron chi connectivity index (χ4n) is 3.19. The highest BCUT2D eigenvalue weighted by Gasteiger charge is 2.37. The van der Waals surface area contributed by atoms with Crippen molar-refractivity contribution in [3.63, 3.8) is 0 Å². The number of hydrogen-bond acceptors (Lipinski definition) is 4. The first kappa shape index (κ1) is 15.9. The zero-order valence-corrected chi connectivity index (χ0v) is 12.0. The molecule has 4 nitrogen and oxygen atoms in total. The Morgan fingerprint density at radius 3 is 2.40 bits per heavy atom. The van der Waals surface area contributed by atoms with E-state index in [1.54, 1.807) is 0 Å². The Balaban J connectivity index is 1.89. The fourth-order valence-corrected chi connectivity index (χ4v) is 3.19. The normalized spacial score (nSPS) is 42.4. The van der Waals surface area contributed by atoms with E-state index in [1.807, 2.05) is 0 Å². The summed E-state index contributed by atoms with van der Waals surface area (Å²) in [6.45, 7) is 2.22. The molecule has 0 aromatic rings. The first-order valence-electron chi connectivity index (χ1n) is 7.57. The standard InChI is InChI=1S/C15H26FNO3/c1-9-2-4-10(5-3-9)8-17-12-6-11(7-16)13(18)15(20)14(12)19/h6,9-10,12-15,17-20H,2-5,7-8H2,1H3/t9?,10?,12-,13+,14+,15+/m1/s1. The Bertz CT molecular complexity index is 342. The Kier molecular flexibility index (Phi) is 5.55. The summed E-state index contributed by atoms with van der Waals surface area (Å²) in [6.07, 6.45) is 2.59. The van der Waals surface area contributed by atoms with Crippen LogP contribution in [0.3, 0.4) is 0 Å². The Morgan fingerprint density at radius 1 is 1.15 bits per heavy atom. The molecule has 0 spiro atoms. The maximum absolute atomic E-state index is 12.8. The van der Waals surface area contributed by atoms with Gasteiger partial charge in [-0.3, -0.25) is 0 Å². The van der Waals surface area contributed by atoms with Crippen LogP contribution in [-0.2, 0) is 0 Å². The highest BCUT2D eigenvalue weighted by atomic mass is 19.1. The minimum Gasteiger partial charge on any atom is -0.388 e. The molecule has 2 rings (SSSR count). The molecule has 1 saturated carbocycles. The number of alkyl halides is 1. The lowest BCUT2D eigenvalue weighted by Gasteiger charge is -2.35. The van der Waals surface area contributed by atoms with Crippen molar-refractivity contribution < 1.29 is 19.7 Å². The number of aliphatic hydroxyl groups excluding tert-OH is 3. The van der Waals surface area contributed by atoms with Crippen LogP contribution in [0, 0.1) is 11.8 Å². The van der Waals surface area contributed by atoms with Crippen LogP contribution in [0.4, 0.5) is 4.39 Å². The molecule has 0 radical (unpaired) electrons. The molecule has 0 unspecified atom stereocenters. The Morgan fingerprint density at radius 2 is 1.80 bits per heavy atom. The lowest BCUT2D eigenvalue weighted by molar-refractivity contribution is -0.0633. The average Bonchev–Trinajstić information content (AvgIpc) is 2.46. The molecule has 0 aromatic heterocycles. The van der Waals surface area contributed by atoms with Crippen molar-refractivity contribution in [2.75, 3.05) is 13.2 Å². The predicted molar refractivity (Wildman–Crippen MR) is 75.0 cm³/mol. The van der Waals surface area contributed by atoms with Crippen LogP contribution in [0.2, 0.25) is 0 Å². The molecule has 0 aliphatic heterocycles. The summed E-state index contributed by atoms with van der Waals surface area (Å²) < 4.78 is 12.8. The van der Waals surface area contributed by atoms with Crippen molar-refractivity contribution in [3.8, 4) is 0 Å². The van der Waals surface area contributed by atoms with E-state index in [9.17, 15) is 19.7 Å². The zero-order valence-electron chi connectivity index (χ0n) is 12.0. The molecule has 0 heterocycles. The van der Waals surface area contributed by atoms with Gasteiger partial charge in [-0.25, -0.2) is 4.39 Å².